The average Bonchev–Trinajstić information content (AvgIpc) is 2.62. The summed E-state index contributed by atoms with van der Waals surface area (Å²) in [6, 6.07) is -16.5. The number of piperidine rings is 1. The van der Waals surface area contributed by atoms with Crippen LogP contribution in [0.2, 0.25) is 0 Å². The van der Waals surface area contributed by atoms with Crippen molar-refractivity contribution in [2.45, 2.75) is 59.1 Å². The second kappa shape index (κ2) is 6.31. The van der Waals surface area contributed by atoms with Gasteiger partial charge in [0.25, 0.3) is 11.6 Å². The Labute approximate surface area is 169 Å². The molecule has 0 amide bonds. The van der Waals surface area contributed by atoms with Crippen LogP contribution in [0.4, 0.5) is 92.2 Å². The molecule has 1 nitrogen and oxygen atoms in total. The van der Waals surface area contributed by atoms with E-state index in [0.29, 0.717) is 0 Å². The van der Waals surface area contributed by atoms with Crippen LogP contribution < -0.4 is 0 Å². The van der Waals surface area contributed by atoms with Gasteiger partial charge in [0.1, 0.15) is 0 Å². The van der Waals surface area contributed by atoms with Crippen LogP contribution in [0.5, 0.6) is 0 Å². The van der Waals surface area contributed by atoms with Crippen molar-refractivity contribution < 1.29 is 92.2 Å². The van der Waals surface area contributed by atoms with Gasteiger partial charge in [-0.05, 0) is 0 Å². The molecule has 2 rings (SSSR count). The van der Waals surface area contributed by atoms with Crippen LogP contribution in [0.3, 0.4) is 0 Å². The summed E-state index contributed by atoms with van der Waals surface area (Å²) < 4.78 is 286. The van der Waals surface area contributed by atoms with Crippen molar-refractivity contribution in [2.24, 2.45) is 0 Å². The first kappa shape index (κ1) is 28.5. The van der Waals surface area contributed by atoms with Gasteiger partial charge in [-0.15, -0.1) is 4.90 Å². The van der Waals surface area contributed by atoms with Crippen LogP contribution in [0, 0.1) is 0 Å². The minimum atomic E-state index is -8.91. The molecule has 200 valence electrons. The Morgan fingerprint density at radius 3 is 1.15 bits per heavy atom. The van der Waals surface area contributed by atoms with E-state index in [1.54, 1.807) is 0 Å². The molecule has 1 aliphatic carbocycles. The second-order valence-corrected chi connectivity index (χ2v) is 6.72. The van der Waals surface area contributed by atoms with Crippen LogP contribution in [0.25, 0.3) is 0 Å². The van der Waals surface area contributed by atoms with E-state index in [2.05, 4.69) is 0 Å². The van der Waals surface area contributed by atoms with E-state index >= 15 is 0 Å². The zero-order valence-corrected chi connectivity index (χ0v) is 14.4. The number of halogens is 21. The van der Waals surface area contributed by atoms with Crippen LogP contribution in [-0.2, 0) is 0 Å². The highest BCUT2D eigenvalue weighted by molar-refractivity contribution is 5.38. The highest BCUT2D eigenvalue weighted by Gasteiger charge is 3.12. The Bertz CT molecular complexity index is 903. The van der Waals surface area contributed by atoms with E-state index in [1.165, 1.54) is 0 Å². The largest absolute Gasteiger partial charge is 0.390 e. The van der Waals surface area contributed by atoms with Gasteiger partial charge in [0.2, 0.25) is 0 Å². The smallest absolute Gasteiger partial charge is 0.224 e. The average molecular weight is 557 g/mol. The maximum atomic E-state index is 14.9. The zero-order chi connectivity index (χ0) is 27.7. The standard InChI is InChI=1S/C12F21N/c13-1(2(14)15)3(16,17)34-11(31)4(18,6(21,22)10(29,30)12(34,32)33)5(19,20)7(23,24)8(25,26)9(11,27)28. The topological polar surface area (TPSA) is 3.24 Å². The van der Waals surface area contributed by atoms with Crippen LogP contribution in [0.15, 0.2) is 11.9 Å². The van der Waals surface area contributed by atoms with Crippen molar-refractivity contribution in [1.82, 2.24) is 4.90 Å². The SMILES string of the molecule is FC(F)=C(F)C(F)(F)N1C(F)(F)C(F)(F)C(F)(F)C2(F)C(F)(F)C(F)(F)C(F)(F)C(F)(F)C12F. The molecule has 22 heteroatoms. The quantitative estimate of drug-likeness (QED) is 0.268. The van der Waals surface area contributed by atoms with Crippen LogP contribution in [0.1, 0.15) is 0 Å². The summed E-state index contributed by atoms with van der Waals surface area (Å²) in [5, 5.41) is 0. The zero-order valence-electron chi connectivity index (χ0n) is 14.4. The van der Waals surface area contributed by atoms with E-state index < -0.39 is 75.9 Å². The normalized spacial score (nSPS) is 37.0. The van der Waals surface area contributed by atoms with E-state index in [4.69, 9.17) is 0 Å². The summed E-state index contributed by atoms with van der Waals surface area (Å²) in [5.74, 6) is -65.6. The molecule has 0 radical (unpaired) electrons. The lowest BCUT2D eigenvalue weighted by Crippen LogP contribution is -2.99. The summed E-state index contributed by atoms with van der Waals surface area (Å²) in [7, 11) is 0. The molecule has 0 aromatic carbocycles. The molecule has 2 aliphatic rings. The summed E-state index contributed by atoms with van der Waals surface area (Å²) >= 11 is 0. The van der Waals surface area contributed by atoms with Gasteiger partial charge in [0.05, 0.1) is 0 Å². The molecule has 1 saturated heterocycles. The third-order valence-electron chi connectivity index (χ3n) is 4.99. The number of hydrogen-bond donors (Lipinski definition) is 0. The van der Waals surface area contributed by atoms with Gasteiger partial charge in [-0.1, -0.05) is 0 Å². The van der Waals surface area contributed by atoms with Crippen molar-refractivity contribution in [1.29, 1.82) is 0 Å². The molecule has 0 spiro atoms. The number of hydrogen-bond acceptors (Lipinski definition) is 1. The van der Waals surface area contributed by atoms with E-state index in [-0.39, 0.29) is 0 Å². The molecule has 0 aromatic heterocycles. The van der Waals surface area contributed by atoms with Crippen molar-refractivity contribution in [3.05, 3.63) is 11.9 Å². The lowest BCUT2D eigenvalue weighted by Gasteiger charge is -2.65. The molecular weight excluding hydrogens is 557 g/mol. The first-order valence-electron chi connectivity index (χ1n) is 7.39. The van der Waals surface area contributed by atoms with E-state index in [9.17, 15) is 92.2 Å². The highest BCUT2D eigenvalue weighted by atomic mass is 19.4. The van der Waals surface area contributed by atoms with E-state index in [1.807, 2.05) is 0 Å². The number of alkyl halides is 18. The van der Waals surface area contributed by atoms with Gasteiger partial charge in [0.15, 0.2) is 0 Å². The summed E-state index contributed by atoms with van der Waals surface area (Å²) in [6.45, 7) is 0. The molecule has 34 heavy (non-hydrogen) atoms. The molecule has 0 bridgehead atoms. The first-order valence-corrected chi connectivity index (χ1v) is 7.39. The number of fused-ring (bicyclic) bond motifs is 1. The molecule has 0 N–H and O–H groups in total. The minimum absolute atomic E-state index is 4.79. The van der Waals surface area contributed by atoms with Crippen molar-refractivity contribution in [2.75, 3.05) is 0 Å². The Balaban J connectivity index is 3.34. The van der Waals surface area contributed by atoms with Crippen molar-refractivity contribution in [3.63, 3.8) is 0 Å². The van der Waals surface area contributed by atoms with Gasteiger partial charge in [-0.2, -0.15) is 83.4 Å². The molecule has 1 saturated carbocycles. The highest BCUT2D eigenvalue weighted by Crippen LogP contribution is 2.79. The number of rotatable bonds is 2. The van der Waals surface area contributed by atoms with Gasteiger partial charge in [-0.25, -0.2) is 8.78 Å². The Morgan fingerprint density at radius 1 is 0.471 bits per heavy atom. The third-order valence-corrected chi connectivity index (χ3v) is 4.99. The lowest BCUT2D eigenvalue weighted by molar-refractivity contribution is -0.578. The lowest BCUT2D eigenvalue weighted by atomic mass is 9.62. The van der Waals surface area contributed by atoms with Gasteiger partial charge >= 0.3 is 59.4 Å². The summed E-state index contributed by atoms with van der Waals surface area (Å²) in [4.78, 5) is -4.80. The fraction of sp³-hybridized carbons (Fsp3) is 0.833. The van der Waals surface area contributed by atoms with Crippen LogP contribution >= 0.6 is 0 Å². The Hall–Kier alpha value is -1.77. The Morgan fingerprint density at radius 2 is 0.794 bits per heavy atom. The predicted molar refractivity (Wildman–Crippen MR) is 59.4 cm³/mol. The second-order valence-electron chi connectivity index (χ2n) is 6.72. The fourth-order valence-electron chi connectivity index (χ4n) is 3.26. The van der Waals surface area contributed by atoms with Crippen LogP contribution in [-0.4, -0.2) is 64.0 Å². The summed E-state index contributed by atoms with van der Waals surface area (Å²) in [5.41, 5.74) is -8.91. The molecular formula is C12F21N. The maximum absolute atomic E-state index is 14.9. The molecule has 0 aromatic rings. The predicted octanol–water partition coefficient (Wildman–Crippen LogP) is 6.76. The maximum Gasteiger partial charge on any atom is 0.390 e. The third kappa shape index (κ3) is 2.25. The fourth-order valence-corrected chi connectivity index (χ4v) is 3.26. The van der Waals surface area contributed by atoms with E-state index in [0.717, 1.165) is 0 Å². The molecule has 2 atom stereocenters. The molecule has 2 fully saturated rings. The minimum Gasteiger partial charge on any atom is -0.224 e. The number of likely N-dealkylation sites (tertiary alicyclic amines) is 1. The first-order chi connectivity index (χ1) is 14.5. The van der Waals surface area contributed by atoms with Gasteiger partial charge in [0, 0.05) is 0 Å². The summed E-state index contributed by atoms with van der Waals surface area (Å²) in [6.07, 6.45) is -4.79. The molecule has 2 unspecified atom stereocenters. The number of nitrogens with zero attached hydrogens (tertiary/aromatic N) is 1. The van der Waals surface area contributed by atoms with Crippen molar-refractivity contribution in [3.8, 4) is 0 Å². The van der Waals surface area contributed by atoms with Gasteiger partial charge in [-0.3, -0.25) is 0 Å². The molecule has 1 aliphatic heterocycles. The Kier molecular flexibility index (Phi) is 5.29. The molecule has 1 heterocycles. The monoisotopic (exact) mass is 557 g/mol. The van der Waals surface area contributed by atoms with Crippen molar-refractivity contribution >= 4 is 0 Å². The van der Waals surface area contributed by atoms with Gasteiger partial charge < -0.3 is 0 Å².